The first-order chi connectivity index (χ1) is 3.83. The zero-order valence-corrected chi connectivity index (χ0v) is 5.72. The molecule has 0 spiro atoms. The molecule has 0 amide bonds. The van der Waals surface area contributed by atoms with E-state index in [9.17, 15) is 0 Å². The molecule has 0 aliphatic heterocycles. The van der Waals surface area contributed by atoms with Gasteiger partial charge in [0.2, 0.25) is 0 Å². The normalized spacial score (nSPS) is 17.6. The van der Waals surface area contributed by atoms with Crippen LogP contribution in [0, 0.1) is 0 Å². The zero-order chi connectivity index (χ0) is 5.98. The molecule has 0 aromatic carbocycles. The molecule has 1 fully saturated rings. The van der Waals surface area contributed by atoms with E-state index in [0.29, 0.717) is 6.04 Å². The van der Waals surface area contributed by atoms with E-state index in [1.807, 2.05) is 7.05 Å². The van der Waals surface area contributed by atoms with E-state index in [1.165, 1.54) is 12.8 Å². The maximum absolute atomic E-state index is 4.85. The van der Waals surface area contributed by atoms with Gasteiger partial charge in [-0.2, -0.15) is 0 Å². The topological polar surface area (TPSA) is 24.1 Å². The lowest BCUT2D eigenvalue weighted by atomic mass is 10.7. The standard InChI is InChI=1S/C5H10N2S/c1-6-5(8)7-4-2-3-4/h4H,2-3H2,1H3,(H2,6,7,8). The molecule has 0 saturated heterocycles. The second-order valence-corrected chi connectivity index (χ2v) is 2.41. The van der Waals surface area contributed by atoms with Gasteiger partial charge >= 0.3 is 0 Å². The molecule has 0 heterocycles. The Kier molecular flexibility index (Phi) is 1.68. The second-order valence-electron chi connectivity index (χ2n) is 2.00. The fourth-order valence-electron chi connectivity index (χ4n) is 0.485. The number of rotatable bonds is 1. The van der Waals surface area contributed by atoms with E-state index in [1.54, 1.807) is 0 Å². The maximum Gasteiger partial charge on any atom is 0.166 e. The molecule has 0 aromatic rings. The minimum atomic E-state index is 0.676. The SMILES string of the molecule is CNC(=S)NC1CC1. The molecular weight excluding hydrogens is 120 g/mol. The minimum Gasteiger partial charge on any atom is -0.366 e. The van der Waals surface area contributed by atoms with Crippen LogP contribution < -0.4 is 10.6 Å². The van der Waals surface area contributed by atoms with Gasteiger partial charge in [-0.3, -0.25) is 0 Å². The molecule has 0 aromatic heterocycles. The van der Waals surface area contributed by atoms with E-state index in [2.05, 4.69) is 10.6 Å². The van der Waals surface area contributed by atoms with Crippen LogP contribution in [0.3, 0.4) is 0 Å². The van der Waals surface area contributed by atoms with Crippen molar-refractivity contribution in [1.82, 2.24) is 10.6 Å². The van der Waals surface area contributed by atoms with Crippen LogP contribution in [-0.4, -0.2) is 18.2 Å². The van der Waals surface area contributed by atoms with Crippen LogP contribution in [0.25, 0.3) is 0 Å². The molecule has 8 heavy (non-hydrogen) atoms. The third-order valence-corrected chi connectivity index (χ3v) is 1.46. The predicted octanol–water partition coefficient (Wildman–Crippen LogP) is 0.243. The van der Waals surface area contributed by atoms with Crippen molar-refractivity contribution in [3.8, 4) is 0 Å². The third-order valence-electron chi connectivity index (χ3n) is 1.14. The van der Waals surface area contributed by atoms with Gasteiger partial charge in [0.25, 0.3) is 0 Å². The molecule has 2 nitrogen and oxygen atoms in total. The number of thiocarbonyl (C=S) groups is 1. The monoisotopic (exact) mass is 130 g/mol. The summed E-state index contributed by atoms with van der Waals surface area (Å²) in [6, 6.07) is 0.676. The zero-order valence-electron chi connectivity index (χ0n) is 4.90. The van der Waals surface area contributed by atoms with Gasteiger partial charge in [0.1, 0.15) is 0 Å². The Labute approximate surface area is 54.7 Å². The van der Waals surface area contributed by atoms with Crippen molar-refractivity contribution in [1.29, 1.82) is 0 Å². The van der Waals surface area contributed by atoms with Crippen molar-refractivity contribution in [2.45, 2.75) is 18.9 Å². The molecule has 46 valence electrons. The van der Waals surface area contributed by atoms with Crippen LogP contribution >= 0.6 is 12.2 Å². The van der Waals surface area contributed by atoms with Gasteiger partial charge in [-0.1, -0.05) is 0 Å². The molecule has 0 unspecified atom stereocenters. The summed E-state index contributed by atoms with van der Waals surface area (Å²) >= 11 is 4.85. The van der Waals surface area contributed by atoms with E-state index in [0.717, 1.165) is 5.11 Å². The average Bonchev–Trinajstić information content (AvgIpc) is 2.50. The number of hydrogen-bond donors (Lipinski definition) is 2. The summed E-state index contributed by atoms with van der Waals surface area (Å²) in [5.74, 6) is 0. The minimum absolute atomic E-state index is 0.676. The fraction of sp³-hybridized carbons (Fsp3) is 0.800. The molecule has 0 atom stereocenters. The van der Waals surface area contributed by atoms with Gasteiger partial charge in [0, 0.05) is 13.1 Å². The number of nitrogens with one attached hydrogen (secondary N) is 2. The van der Waals surface area contributed by atoms with Crippen molar-refractivity contribution < 1.29 is 0 Å². The Morgan fingerprint density at radius 1 is 1.62 bits per heavy atom. The smallest absolute Gasteiger partial charge is 0.166 e. The van der Waals surface area contributed by atoms with Gasteiger partial charge < -0.3 is 10.6 Å². The molecule has 1 saturated carbocycles. The first-order valence-electron chi connectivity index (χ1n) is 2.81. The third kappa shape index (κ3) is 1.66. The summed E-state index contributed by atoms with van der Waals surface area (Å²) in [4.78, 5) is 0. The van der Waals surface area contributed by atoms with E-state index < -0.39 is 0 Å². The molecule has 2 N–H and O–H groups in total. The molecule has 1 aliphatic rings. The van der Waals surface area contributed by atoms with E-state index >= 15 is 0 Å². The van der Waals surface area contributed by atoms with Crippen LogP contribution in [0.4, 0.5) is 0 Å². The van der Waals surface area contributed by atoms with Gasteiger partial charge in [-0.25, -0.2) is 0 Å². The summed E-state index contributed by atoms with van der Waals surface area (Å²) in [5, 5.41) is 6.75. The van der Waals surface area contributed by atoms with Gasteiger partial charge in [0.05, 0.1) is 0 Å². The first-order valence-corrected chi connectivity index (χ1v) is 3.22. The Hall–Kier alpha value is -0.310. The molecule has 3 heteroatoms. The lowest BCUT2D eigenvalue weighted by Crippen LogP contribution is -2.33. The van der Waals surface area contributed by atoms with Gasteiger partial charge in [-0.05, 0) is 25.1 Å². The first kappa shape index (κ1) is 5.82. The van der Waals surface area contributed by atoms with Gasteiger partial charge in [-0.15, -0.1) is 0 Å². The van der Waals surface area contributed by atoms with Crippen molar-refractivity contribution in [3.63, 3.8) is 0 Å². The predicted molar refractivity (Wildman–Crippen MR) is 37.8 cm³/mol. The highest BCUT2D eigenvalue weighted by Crippen LogP contribution is 2.17. The summed E-state index contributed by atoms with van der Waals surface area (Å²) in [6.07, 6.45) is 2.56. The highest BCUT2D eigenvalue weighted by molar-refractivity contribution is 7.80. The van der Waals surface area contributed by atoms with Crippen LogP contribution in [0.5, 0.6) is 0 Å². The van der Waals surface area contributed by atoms with Crippen LogP contribution in [0.1, 0.15) is 12.8 Å². The summed E-state index contributed by atoms with van der Waals surface area (Å²) < 4.78 is 0. The maximum atomic E-state index is 4.85. The summed E-state index contributed by atoms with van der Waals surface area (Å²) in [7, 11) is 1.83. The van der Waals surface area contributed by atoms with E-state index in [-0.39, 0.29) is 0 Å². The van der Waals surface area contributed by atoms with Crippen molar-refractivity contribution in [3.05, 3.63) is 0 Å². The summed E-state index contributed by atoms with van der Waals surface area (Å²) in [6.45, 7) is 0. The molecule has 1 rings (SSSR count). The Balaban J connectivity index is 2.07. The van der Waals surface area contributed by atoms with Crippen molar-refractivity contribution >= 4 is 17.3 Å². The molecular formula is C5H10N2S. The molecule has 0 radical (unpaired) electrons. The van der Waals surface area contributed by atoms with Crippen LogP contribution in [0.15, 0.2) is 0 Å². The lowest BCUT2D eigenvalue weighted by molar-refractivity contribution is 0.884. The van der Waals surface area contributed by atoms with Crippen LogP contribution in [0.2, 0.25) is 0 Å². The Bertz CT molecular complexity index is 98.6. The van der Waals surface area contributed by atoms with Gasteiger partial charge in [0.15, 0.2) is 5.11 Å². The van der Waals surface area contributed by atoms with Crippen LogP contribution in [-0.2, 0) is 0 Å². The highest BCUT2D eigenvalue weighted by Gasteiger charge is 2.20. The van der Waals surface area contributed by atoms with Crippen molar-refractivity contribution in [2.75, 3.05) is 7.05 Å². The largest absolute Gasteiger partial charge is 0.366 e. The number of hydrogen-bond acceptors (Lipinski definition) is 1. The average molecular weight is 130 g/mol. The fourth-order valence-corrected chi connectivity index (χ4v) is 0.652. The molecule has 1 aliphatic carbocycles. The summed E-state index contributed by atoms with van der Waals surface area (Å²) in [5.41, 5.74) is 0. The quantitative estimate of drug-likeness (QED) is 0.497. The highest BCUT2D eigenvalue weighted by atomic mass is 32.1. The Morgan fingerprint density at radius 3 is 2.62 bits per heavy atom. The molecule has 0 bridgehead atoms. The second kappa shape index (κ2) is 2.31. The van der Waals surface area contributed by atoms with Crippen molar-refractivity contribution in [2.24, 2.45) is 0 Å². The lowest BCUT2D eigenvalue weighted by Gasteiger charge is -2.02. The van der Waals surface area contributed by atoms with E-state index in [4.69, 9.17) is 12.2 Å². The Morgan fingerprint density at radius 2 is 2.25 bits per heavy atom.